The first-order valence-corrected chi connectivity index (χ1v) is 6.04. The number of hydrogen-bond donors (Lipinski definition) is 1. The van der Waals surface area contributed by atoms with Crippen LogP contribution in [-0.2, 0) is 0 Å². The minimum absolute atomic E-state index is 0.409. The van der Waals surface area contributed by atoms with Gasteiger partial charge in [0.1, 0.15) is 5.75 Å². The van der Waals surface area contributed by atoms with Crippen molar-refractivity contribution in [2.24, 2.45) is 5.92 Å². The quantitative estimate of drug-likeness (QED) is 0.797. The van der Waals surface area contributed by atoms with Gasteiger partial charge in [-0.3, -0.25) is 0 Å². The molecule has 0 saturated carbocycles. The molecule has 1 aromatic rings. The van der Waals surface area contributed by atoms with Gasteiger partial charge in [0.2, 0.25) is 0 Å². The molecule has 0 heterocycles. The lowest BCUT2D eigenvalue weighted by atomic mass is 10.1. The minimum atomic E-state index is -0.409. The number of benzene rings is 1. The summed E-state index contributed by atoms with van der Waals surface area (Å²) < 4.78 is 5.67. The summed E-state index contributed by atoms with van der Waals surface area (Å²) in [6, 6.07) is 7.65. The second-order valence-electron chi connectivity index (χ2n) is 4.45. The van der Waals surface area contributed by atoms with Crippen LogP contribution in [0.1, 0.15) is 45.3 Å². The van der Waals surface area contributed by atoms with Crippen molar-refractivity contribution in [3.63, 3.8) is 0 Å². The highest BCUT2D eigenvalue weighted by Gasteiger charge is 2.03. The Balaban J connectivity index is 2.43. The molecule has 0 saturated heterocycles. The summed E-state index contributed by atoms with van der Waals surface area (Å²) in [6.07, 6.45) is 1.99. The molecule has 0 amide bonds. The topological polar surface area (TPSA) is 29.5 Å². The van der Waals surface area contributed by atoms with Crippen LogP contribution in [0.15, 0.2) is 24.3 Å². The molecule has 0 aliphatic rings. The summed E-state index contributed by atoms with van der Waals surface area (Å²) in [6.45, 7) is 6.92. The fourth-order valence-corrected chi connectivity index (χ4v) is 1.66. The van der Waals surface area contributed by atoms with Crippen molar-refractivity contribution < 1.29 is 9.84 Å². The Morgan fingerprint density at radius 2 is 1.81 bits per heavy atom. The van der Waals surface area contributed by atoms with E-state index in [0.29, 0.717) is 5.92 Å². The van der Waals surface area contributed by atoms with Gasteiger partial charge in [0, 0.05) is 0 Å². The number of aliphatic hydroxyl groups excluding tert-OH is 1. The molecule has 0 aromatic heterocycles. The molecular weight excluding hydrogens is 200 g/mol. The molecule has 1 rings (SSSR count). The molecule has 0 aliphatic carbocycles. The van der Waals surface area contributed by atoms with Crippen LogP contribution < -0.4 is 4.74 Å². The summed E-state index contributed by atoms with van der Waals surface area (Å²) in [7, 11) is 0. The van der Waals surface area contributed by atoms with Crippen molar-refractivity contribution in [1.29, 1.82) is 0 Å². The molecule has 0 aliphatic heterocycles. The highest BCUT2D eigenvalue weighted by molar-refractivity contribution is 5.28. The van der Waals surface area contributed by atoms with Gasteiger partial charge in [0.25, 0.3) is 0 Å². The highest BCUT2D eigenvalue weighted by Crippen LogP contribution is 2.18. The Kier molecular flexibility index (Phi) is 5.33. The zero-order valence-corrected chi connectivity index (χ0v) is 10.4. The van der Waals surface area contributed by atoms with Crippen molar-refractivity contribution in [3.05, 3.63) is 29.8 Å². The molecule has 16 heavy (non-hydrogen) atoms. The van der Waals surface area contributed by atoms with E-state index in [1.54, 1.807) is 6.92 Å². The molecule has 0 radical (unpaired) electrons. The summed E-state index contributed by atoms with van der Waals surface area (Å²) >= 11 is 0. The fourth-order valence-electron chi connectivity index (χ4n) is 1.66. The van der Waals surface area contributed by atoms with E-state index in [1.165, 1.54) is 12.8 Å². The largest absolute Gasteiger partial charge is 0.493 e. The van der Waals surface area contributed by atoms with Gasteiger partial charge in [-0.1, -0.05) is 32.4 Å². The van der Waals surface area contributed by atoms with E-state index in [1.807, 2.05) is 24.3 Å². The highest BCUT2D eigenvalue weighted by atomic mass is 16.5. The van der Waals surface area contributed by atoms with E-state index in [2.05, 4.69) is 13.8 Å². The van der Waals surface area contributed by atoms with Crippen molar-refractivity contribution in [3.8, 4) is 5.75 Å². The molecule has 90 valence electrons. The third kappa shape index (κ3) is 4.23. The van der Waals surface area contributed by atoms with Gasteiger partial charge in [-0.25, -0.2) is 0 Å². The molecule has 0 bridgehead atoms. The number of aliphatic hydroxyl groups is 1. The average Bonchev–Trinajstić information content (AvgIpc) is 2.27. The Hall–Kier alpha value is -1.02. The van der Waals surface area contributed by atoms with Crippen LogP contribution in [0.25, 0.3) is 0 Å². The van der Waals surface area contributed by atoms with Crippen LogP contribution in [0, 0.1) is 5.92 Å². The van der Waals surface area contributed by atoms with Gasteiger partial charge < -0.3 is 9.84 Å². The van der Waals surface area contributed by atoms with Crippen LogP contribution in [0.2, 0.25) is 0 Å². The van der Waals surface area contributed by atoms with Gasteiger partial charge in [0.15, 0.2) is 0 Å². The SMILES string of the molecule is CCCC(C)COc1ccc([C@@H](C)O)cc1. The first-order chi connectivity index (χ1) is 7.63. The third-order valence-electron chi connectivity index (χ3n) is 2.68. The van der Waals surface area contributed by atoms with Gasteiger partial charge in [-0.15, -0.1) is 0 Å². The predicted octanol–water partition coefficient (Wildman–Crippen LogP) is 3.55. The lowest BCUT2D eigenvalue weighted by Crippen LogP contribution is -2.08. The summed E-state index contributed by atoms with van der Waals surface area (Å²) in [5.74, 6) is 1.48. The van der Waals surface area contributed by atoms with Crippen molar-refractivity contribution >= 4 is 0 Å². The van der Waals surface area contributed by atoms with Crippen LogP contribution in [-0.4, -0.2) is 11.7 Å². The van der Waals surface area contributed by atoms with E-state index >= 15 is 0 Å². The normalized spacial score (nSPS) is 14.5. The monoisotopic (exact) mass is 222 g/mol. The van der Waals surface area contributed by atoms with Gasteiger partial charge in [-0.2, -0.15) is 0 Å². The maximum Gasteiger partial charge on any atom is 0.119 e. The first-order valence-electron chi connectivity index (χ1n) is 6.04. The molecule has 2 atom stereocenters. The van der Waals surface area contributed by atoms with E-state index in [9.17, 15) is 5.11 Å². The molecule has 1 aromatic carbocycles. The molecule has 0 fully saturated rings. The molecular formula is C14H22O2. The number of ether oxygens (including phenoxy) is 1. The molecule has 1 unspecified atom stereocenters. The van der Waals surface area contributed by atoms with Crippen LogP contribution in [0.3, 0.4) is 0 Å². The lowest BCUT2D eigenvalue weighted by molar-refractivity contribution is 0.199. The summed E-state index contributed by atoms with van der Waals surface area (Å²) in [4.78, 5) is 0. The zero-order chi connectivity index (χ0) is 12.0. The minimum Gasteiger partial charge on any atom is -0.493 e. The van der Waals surface area contributed by atoms with Gasteiger partial charge >= 0.3 is 0 Å². The second kappa shape index (κ2) is 6.54. The molecule has 2 nitrogen and oxygen atoms in total. The van der Waals surface area contributed by atoms with Gasteiger partial charge in [-0.05, 0) is 37.0 Å². The van der Waals surface area contributed by atoms with Crippen LogP contribution in [0.4, 0.5) is 0 Å². The van der Waals surface area contributed by atoms with E-state index < -0.39 is 6.10 Å². The average molecular weight is 222 g/mol. The Labute approximate surface area is 98.3 Å². The smallest absolute Gasteiger partial charge is 0.119 e. The second-order valence-corrected chi connectivity index (χ2v) is 4.45. The summed E-state index contributed by atoms with van der Waals surface area (Å²) in [5, 5.41) is 9.36. The van der Waals surface area contributed by atoms with Crippen LogP contribution >= 0.6 is 0 Å². The lowest BCUT2D eigenvalue weighted by Gasteiger charge is -2.12. The Morgan fingerprint density at radius 3 is 2.31 bits per heavy atom. The summed E-state index contributed by atoms with van der Waals surface area (Å²) in [5.41, 5.74) is 0.925. The van der Waals surface area contributed by atoms with Crippen molar-refractivity contribution in [2.45, 2.75) is 39.7 Å². The van der Waals surface area contributed by atoms with E-state index in [4.69, 9.17) is 4.74 Å². The molecule has 2 heteroatoms. The standard InChI is InChI=1S/C14H22O2/c1-4-5-11(2)10-16-14-8-6-13(7-9-14)12(3)15/h6-9,11-12,15H,4-5,10H2,1-3H3/t11?,12-/m1/s1. The van der Waals surface area contributed by atoms with E-state index in [-0.39, 0.29) is 0 Å². The maximum atomic E-state index is 9.36. The maximum absolute atomic E-state index is 9.36. The van der Waals surface area contributed by atoms with E-state index in [0.717, 1.165) is 17.9 Å². The zero-order valence-electron chi connectivity index (χ0n) is 10.4. The van der Waals surface area contributed by atoms with Crippen molar-refractivity contribution in [1.82, 2.24) is 0 Å². The molecule has 0 spiro atoms. The third-order valence-corrected chi connectivity index (χ3v) is 2.68. The first kappa shape index (κ1) is 13.0. The predicted molar refractivity (Wildman–Crippen MR) is 66.6 cm³/mol. The Morgan fingerprint density at radius 1 is 1.19 bits per heavy atom. The molecule has 1 N–H and O–H groups in total. The van der Waals surface area contributed by atoms with Gasteiger partial charge in [0.05, 0.1) is 12.7 Å². The van der Waals surface area contributed by atoms with Crippen LogP contribution in [0.5, 0.6) is 5.75 Å². The fraction of sp³-hybridized carbons (Fsp3) is 0.571. The number of rotatable bonds is 6. The number of hydrogen-bond acceptors (Lipinski definition) is 2. The Bertz CT molecular complexity index is 290. The van der Waals surface area contributed by atoms with Crippen molar-refractivity contribution in [2.75, 3.05) is 6.61 Å².